The van der Waals surface area contributed by atoms with Crippen LogP contribution in [0.2, 0.25) is 0 Å². The van der Waals surface area contributed by atoms with Gasteiger partial charge in [-0.3, -0.25) is 14.7 Å². The Labute approximate surface area is 227 Å². The molecule has 3 amide bonds. The first-order valence-electron chi connectivity index (χ1n) is 10.4. The van der Waals surface area contributed by atoms with Crippen molar-refractivity contribution in [3.8, 4) is 28.6 Å². The molecule has 4 rings (SSSR count). The van der Waals surface area contributed by atoms with Gasteiger partial charge in [0.15, 0.2) is 11.0 Å². The van der Waals surface area contributed by atoms with Gasteiger partial charge in [0.1, 0.15) is 11.5 Å². The molecule has 184 valence electrons. The van der Waals surface area contributed by atoms with E-state index in [4.69, 9.17) is 4.74 Å². The topological polar surface area (TPSA) is 118 Å². The smallest absolute Gasteiger partial charge is 0.325 e. The van der Waals surface area contributed by atoms with Crippen LogP contribution in [0.25, 0.3) is 17.1 Å². The van der Waals surface area contributed by atoms with E-state index < -0.39 is 11.9 Å². The highest BCUT2D eigenvalue weighted by Crippen LogP contribution is 2.39. The highest BCUT2D eigenvalue weighted by molar-refractivity contribution is 9.11. The molecular weight excluding hydrogens is 614 g/mol. The van der Waals surface area contributed by atoms with Crippen LogP contribution in [0, 0.1) is 0 Å². The maximum Gasteiger partial charge on any atom is 0.325 e. The SMILES string of the molecule is COc1ccc(NC(=O)NC(=O)CSc2nnc(-c3cc(Br)cc(Br)c3O)n2-c2ccccc2)cc1. The third kappa shape index (κ3) is 6.07. The van der Waals surface area contributed by atoms with Gasteiger partial charge in [-0.2, -0.15) is 0 Å². The van der Waals surface area contributed by atoms with E-state index in [1.54, 1.807) is 48.1 Å². The Morgan fingerprint density at radius 3 is 2.47 bits per heavy atom. The Morgan fingerprint density at radius 1 is 1.06 bits per heavy atom. The quantitative estimate of drug-likeness (QED) is 0.227. The van der Waals surface area contributed by atoms with Crippen LogP contribution in [-0.2, 0) is 4.79 Å². The van der Waals surface area contributed by atoms with E-state index >= 15 is 0 Å². The van der Waals surface area contributed by atoms with Crippen LogP contribution in [0.4, 0.5) is 10.5 Å². The van der Waals surface area contributed by atoms with E-state index in [9.17, 15) is 14.7 Å². The minimum Gasteiger partial charge on any atom is -0.506 e. The second kappa shape index (κ2) is 11.6. The van der Waals surface area contributed by atoms with Gasteiger partial charge in [-0.1, -0.05) is 45.9 Å². The lowest BCUT2D eigenvalue weighted by Gasteiger charge is -2.12. The van der Waals surface area contributed by atoms with Crippen LogP contribution in [-0.4, -0.2) is 44.7 Å². The molecule has 0 atom stereocenters. The summed E-state index contributed by atoms with van der Waals surface area (Å²) in [5, 5.41) is 24.5. The molecule has 0 radical (unpaired) electrons. The van der Waals surface area contributed by atoms with Gasteiger partial charge >= 0.3 is 6.03 Å². The summed E-state index contributed by atoms with van der Waals surface area (Å²) in [5.41, 5.74) is 1.71. The molecular formula is C24H19Br2N5O4S. The summed E-state index contributed by atoms with van der Waals surface area (Å²) in [7, 11) is 1.55. The molecule has 0 spiro atoms. The van der Waals surface area contributed by atoms with Crippen molar-refractivity contribution in [3.63, 3.8) is 0 Å². The summed E-state index contributed by atoms with van der Waals surface area (Å²) in [6, 6.07) is 18.9. The molecule has 1 aromatic heterocycles. The number of phenols is 1. The van der Waals surface area contributed by atoms with Gasteiger partial charge in [0.05, 0.1) is 22.9 Å². The van der Waals surface area contributed by atoms with Gasteiger partial charge in [0.25, 0.3) is 0 Å². The van der Waals surface area contributed by atoms with Crippen molar-refractivity contribution in [2.75, 3.05) is 18.2 Å². The van der Waals surface area contributed by atoms with Gasteiger partial charge in [0.2, 0.25) is 5.91 Å². The Kier molecular flexibility index (Phi) is 8.28. The summed E-state index contributed by atoms with van der Waals surface area (Å²) >= 11 is 7.89. The number of carbonyl (C=O) groups is 2. The molecule has 36 heavy (non-hydrogen) atoms. The van der Waals surface area contributed by atoms with E-state index in [1.165, 1.54) is 0 Å². The van der Waals surface area contributed by atoms with Crippen molar-refractivity contribution < 1.29 is 19.4 Å². The number of rotatable bonds is 7. The summed E-state index contributed by atoms with van der Waals surface area (Å²) in [5.74, 6) is 0.449. The van der Waals surface area contributed by atoms with E-state index in [0.29, 0.717) is 32.5 Å². The van der Waals surface area contributed by atoms with Gasteiger partial charge in [-0.15, -0.1) is 10.2 Å². The number of halogens is 2. The van der Waals surface area contributed by atoms with Crippen molar-refractivity contribution in [2.45, 2.75) is 5.16 Å². The third-order valence-corrected chi connectivity index (χ3v) is 6.84. The Balaban J connectivity index is 1.51. The van der Waals surface area contributed by atoms with Crippen LogP contribution in [0.3, 0.4) is 0 Å². The lowest BCUT2D eigenvalue weighted by Crippen LogP contribution is -2.35. The monoisotopic (exact) mass is 631 g/mol. The lowest BCUT2D eigenvalue weighted by atomic mass is 10.2. The minimum absolute atomic E-state index is 0.00674. The maximum atomic E-state index is 12.5. The molecule has 4 aromatic rings. The number of carbonyl (C=O) groups excluding carboxylic acids is 2. The number of urea groups is 1. The van der Waals surface area contributed by atoms with Crippen molar-refractivity contribution in [1.29, 1.82) is 0 Å². The molecule has 0 aliphatic rings. The Morgan fingerprint density at radius 2 is 1.78 bits per heavy atom. The largest absolute Gasteiger partial charge is 0.506 e. The second-order valence-corrected chi connectivity index (χ2v) is 9.99. The van der Waals surface area contributed by atoms with Crippen molar-refractivity contribution in [2.24, 2.45) is 0 Å². The number of phenolic OH excluding ortho intramolecular Hbond substituents is 1. The highest BCUT2D eigenvalue weighted by atomic mass is 79.9. The number of nitrogens with zero attached hydrogens (tertiary/aromatic N) is 3. The predicted octanol–water partition coefficient (Wildman–Crippen LogP) is 5.61. The number of para-hydroxylation sites is 1. The highest BCUT2D eigenvalue weighted by Gasteiger charge is 2.21. The van der Waals surface area contributed by atoms with E-state index in [2.05, 4.69) is 52.7 Å². The number of anilines is 1. The number of methoxy groups -OCH3 is 1. The van der Waals surface area contributed by atoms with E-state index in [-0.39, 0.29) is 11.5 Å². The molecule has 0 unspecified atom stereocenters. The Hall–Kier alpha value is -3.35. The molecule has 9 nitrogen and oxygen atoms in total. The molecule has 0 bridgehead atoms. The zero-order valence-corrected chi connectivity index (χ0v) is 22.7. The summed E-state index contributed by atoms with van der Waals surface area (Å²) < 4.78 is 8.05. The fourth-order valence-corrected chi connectivity index (χ4v) is 5.19. The minimum atomic E-state index is -0.653. The van der Waals surface area contributed by atoms with Crippen LogP contribution in [0.5, 0.6) is 11.5 Å². The molecule has 0 aliphatic heterocycles. The fraction of sp³-hybridized carbons (Fsp3) is 0.0833. The summed E-state index contributed by atoms with van der Waals surface area (Å²) in [4.78, 5) is 24.7. The average molecular weight is 633 g/mol. The number of aromatic hydroxyl groups is 1. The molecule has 3 aromatic carbocycles. The molecule has 0 saturated carbocycles. The normalized spacial score (nSPS) is 10.6. The van der Waals surface area contributed by atoms with Crippen molar-refractivity contribution >= 4 is 61.2 Å². The predicted molar refractivity (Wildman–Crippen MR) is 145 cm³/mol. The number of imide groups is 1. The number of hydrogen-bond donors (Lipinski definition) is 3. The maximum absolute atomic E-state index is 12.5. The molecule has 0 aliphatic carbocycles. The number of amides is 3. The van der Waals surface area contributed by atoms with Crippen LogP contribution < -0.4 is 15.4 Å². The average Bonchev–Trinajstić information content (AvgIpc) is 3.29. The third-order valence-electron chi connectivity index (χ3n) is 4.85. The summed E-state index contributed by atoms with van der Waals surface area (Å²) in [6.45, 7) is 0. The van der Waals surface area contributed by atoms with E-state index in [0.717, 1.165) is 21.9 Å². The number of aromatic nitrogens is 3. The van der Waals surface area contributed by atoms with Crippen LogP contribution in [0.1, 0.15) is 0 Å². The zero-order valence-electron chi connectivity index (χ0n) is 18.7. The first kappa shape index (κ1) is 25.7. The van der Waals surface area contributed by atoms with Crippen molar-refractivity contribution in [1.82, 2.24) is 20.1 Å². The van der Waals surface area contributed by atoms with Crippen LogP contribution >= 0.6 is 43.6 Å². The zero-order chi connectivity index (χ0) is 25.7. The number of ether oxygens (including phenoxy) is 1. The molecule has 12 heteroatoms. The Bertz CT molecular complexity index is 1400. The number of hydrogen-bond acceptors (Lipinski definition) is 7. The van der Waals surface area contributed by atoms with Crippen molar-refractivity contribution in [3.05, 3.63) is 75.7 Å². The van der Waals surface area contributed by atoms with Gasteiger partial charge < -0.3 is 15.2 Å². The van der Waals surface area contributed by atoms with E-state index in [1.807, 2.05) is 30.3 Å². The lowest BCUT2D eigenvalue weighted by molar-refractivity contribution is -0.117. The van der Waals surface area contributed by atoms with Gasteiger partial charge in [-0.25, -0.2) is 4.79 Å². The van der Waals surface area contributed by atoms with Gasteiger partial charge in [0, 0.05) is 15.8 Å². The second-order valence-electron chi connectivity index (χ2n) is 7.28. The van der Waals surface area contributed by atoms with Crippen LogP contribution in [0.15, 0.2) is 80.8 Å². The number of thioether (sulfide) groups is 1. The number of benzene rings is 3. The first-order valence-corrected chi connectivity index (χ1v) is 13.0. The fourth-order valence-electron chi connectivity index (χ4n) is 3.21. The molecule has 3 N–H and O–H groups in total. The molecule has 0 fully saturated rings. The summed E-state index contributed by atoms with van der Waals surface area (Å²) in [6.07, 6.45) is 0. The number of nitrogens with one attached hydrogen (secondary N) is 2. The first-order chi connectivity index (χ1) is 17.4. The van der Waals surface area contributed by atoms with Gasteiger partial charge in [-0.05, 0) is 64.5 Å². The standard InChI is InChI=1S/C24H19Br2N5O4S/c1-35-17-9-7-15(8-10-17)27-23(34)28-20(32)13-36-24-30-29-22(31(24)16-5-3-2-4-6-16)18-11-14(25)12-19(26)21(18)33/h2-12,33H,13H2,1H3,(H2,27,28,32,34). The molecule has 1 heterocycles. The molecule has 0 saturated heterocycles.